The van der Waals surface area contributed by atoms with Crippen molar-refractivity contribution in [3.8, 4) is 11.6 Å². The first-order chi connectivity index (χ1) is 9.08. The maximum absolute atomic E-state index is 6.47. The van der Waals surface area contributed by atoms with Crippen LogP contribution in [0, 0.1) is 5.92 Å². The molecule has 3 rings (SSSR count). The van der Waals surface area contributed by atoms with Crippen molar-refractivity contribution >= 4 is 0 Å². The van der Waals surface area contributed by atoms with Crippen molar-refractivity contribution in [3.05, 3.63) is 18.1 Å². The lowest BCUT2D eigenvalue weighted by molar-refractivity contribution is 0.222. The Kier molecular flexibility index (Phi) is 2.89. The molecule has 2 aromatic heterocycles. The molecule has 0 bridgehead atoms. The minimum Gasteiger partial charge on any atom is -0.332 e. The van der Waals surface area contributed by atoms with E-state index in [0.717, 1.165) is 25.0 Å². The third kappa shape index (κ3) is 2.16. The van der Waals surface area contributed by atoms with E-state index in [4.69, 9.17) is 10.3 Å². The van der Waals surface area contributed by atoms with Crippen molar-refractivity contribution in [2.45, 2.75) is 38.1 Å². The summed E-state index contributed by atoms with van der Waals surface area (Å²) < 4.78 is 7.05. The Balaban J connectivity index is 1.91. The molecule has 1 fully saturated rings. The summed E-state index contributed by atoms with van der Waals surface area (Å²) in [6, 6.07) is 1.85. The fraction of sp³-hybridized carbons (Fsp3) is 0.615. The first kappa shape index (κ1) is 12.3. The highest BCUT2D eigenvalue weighted by Gasteiger charge is 2.37. The van der Waals surface area contributed by atoms with E-state index in [1.807, 2.05) is 13.1 Å². The minimum absolute atomic E-state index is 0.446. The zero-order valence-corrected chi connectivity index (χ0v) is 11.3. The predicted molar refractivity (Wildman–Crippen MR) is 70.0 cm³/mol. The van der Waals surface area contributed by atoms with Crippen LogP contribution in [0.5, 0.6) is 0 Å². The molecule has 6 nitrogen and oxygen atoms in total. The summed E-state index contributed by atoms with van der Waals surface area (Å²) in [5.74, 6) is 1.71. The number of rotatable bonds is 2. The molecule has 2 aromatic rings. The molecule has 0 radical (unpaired) electrons. The molecule has 19 heavy (non-hydrogen) atoms. The summed E-state index contributed by atoms with van der Waals surface area (Å²) >= 11 is 0. The smallest absolute Gasteiger partial charge is 0.276 e. The second-order valence-electron chi connectivity index (χ2n) is 5.62. The van der Waals surface area contributed by atoms with Gasteiger partial charge in [-0.05, 0) is 24.8 Å². The summed E-state index contributed by atoms with van der Waals surface area (Å²) in [5, 5.41) is 8.19. The van der Waals surface area contributed by atoms with Gasteiger partial charge < -0.3 is 10.3 Å². The van der Waals surface area contributed by atoms with Gasteiger partial charge in [0, 0.05) is 13.2 Å². The molecule has 2 heterocycles. The van der Waals surface area contributed by atoms with Crippen LogP contribution < -0.4 is 5.73 Å². The first-order valence-corrected chi connectivity index (χ1v) is 6.70. The molecule has 1 saturated carbocycles. The van der Waals surface area contributed by atoms with Crippen molar-refractivity contribution in [2.75, 3.05) is 0 Å². The molecule has 102 valence electrons. The minimum atomic E-state index is -0.446. The predicted octanol–water partition coefficient (Wildman–Crippen LogP) is 1.83. The van der Waals surface area contributed by atoms with Gasteiger partial charge in [0.1, 0.15) is 5.69 Å². The van der Waals surface area contributed by atoms with Crippen LogP contribution in [-0.4, -0.2) is 19.9 Å². The lowest BCUT2D eigenvalue weighted by Gasteiger charge is -2.33. The molecule has 0 saturated heterocycles. The zero-order chi connectivity index (χ0) is 13.5. The summed E-state index contributed by atoms with van der Waals surface area (Å²) in [6.07, 6.45) is 5.89. The Morgan fingerprint density at radius 2 is 2.37 bits per heavy atom. The quantitative estimate of drug-likeness (QED) is 0.891. The monoisotopic (exact) mass is 261 g/mol. The first-order valence-electron chi connectivity index (χ1n) is 6.70. The Morgan fingerprint density at radius 3 is 3.05 bits per heavy atom. The molecule has 2 N–H and O–H groups in total. The van der Waals surface area contributed by atoms with Crippen LogP contribution in [0.2, 0.25) is 0 Å². The van der Waals surface area contributed by atoms with E-state index >= 15 is 0 Å². The van der Waals surface area contributed by atoms with Crippen molar-refractivity contribution in [3.63, 3.8) is 0 Å². The molecule has 0 amide bonds. The van der Waals surface area contributed by atoms with Crippen molar-refractivity contribution < 1.29 is 4.52 Å². The molecule has 1 aliphatic carbocycles. The average molecular weight is 261 g/mol. The van der Waals surface area contributed by atoms with Crippen LogP contribution in [-0.2, 0) is 12.6 Å². The van der Waals surface area contributed by atoms with Crippen molar-refractivity contribution in [2.24, 2.45) is 18.7 Å². The number of hydrogen-bond acceptors (Lipinski definition) is 5. The third-order valence-corrected chi connectivity index (χ3v) is 3.94. The molecular formula is C13H19N5O. The molecule has 0 aromatic carbocycles. The molecule has 6 heteroatoms. The zero-order valence-electron chi connectivity index (χ0n) is 11.3. The van der Waals surface area contributed by atoms with Crippen LogP contribution >= 0.6 is 0 Å². The van der Waals surface area contributed by atoms with Gasteiger partial charge in [0.2, 0.25) is 0 Å². The van der Waals surface area contributed by atoms with Gasteiger partial charge in [0.25, 0.3) is 5.89 Å². The number of nitrogens with zero attached hydrogens (tertiary/aromatic N) is 4. The number of aryl methyl sites for hydroxylation is 1. The van der Waals surface area contributed by atoms with Crippen molar-refractivity contribution in [1.29, 1.82) is 0 Å². The van der Waals surface area contributed by atoms with E-state index in [9.17, 15) is 0 Å². The van der Waals surface area contributed by atoms with Gasteiger partial charge in [-0.25, -0.2) is 0 Å². The van der Waals surface area contributed by atoms with Crippen LogP contribution in [0.4, 0.5) is 0 Å². The highest BCUT2D eigenvalue weighted by atomic mass is 16.5. The maximum Gasteiger partial charge on any atom is 0.276 e. The fourth-order valence-electron chi connectivity index (χ4n) is 2.91. The highest BCUT2D eigenvalue weighted by Crippen LogP contribution is 2.36. The SMILES string of the molecule is CC1CCCC(N)(c2noc(-c3ccnn3C)n2)C1. The molecule has 1 aliphatic rings. The Hall–Kier alpha value is -1.69. The van der Waals surface area contributed by atoms with Crippen molar-refractivity contribution in [1.82, 2.24) is 19.9 Å². The Bertz CT molecular complexity index is 575. The van der Waals surface area contributed by atoms with Gasteiger partial charge in [-0.15, -0.1) is 0 Å². The van der Waals surface area contributed by atoms with Gasteiger partial charge in [0.05, 0.1) is 5.54 Å². The fourth-order valence-corrected chi connectivity index (χ4v) is 2.91. The van der Waals surface area contributed by atoms with Gasteiger partial charge >= 0.3 is 0 Å². The number of aromatic nitrogens is 4. The van der Waals surface area contributed by atoms with E-state index in [2.05, 4.69) is 22.2 Å². The standard InChI is InChI=1S/C13H19N5O/c1-9-4-3-6-13(14,8-9)12-16-11(19-17-12)10-5-7-15-18(10)2/h5,7,9H,3-4,6,8,14H2,1-2H3. The van der Waals surface area contributed by atoms with Gasteiger partial charge in [-0.3, -0.25) is 4.68 Å². The van der Waals surface area contributed by atoms with E-state index in [1.54, 1.807) is 10.9 Å². The number of nitrogens with two attached hydrogens (primary N) is 1. The Labute approximate surface area is 112 Å². The second kappa shape index (κ2) is 4.45. The van der Waals surface area contributed by atoms with E-state index in [0.29, 0.717) is 17.6 Å². The topological polar surface area (TPSA) is 82.8 Å². The highest BCUT2D eigenvalue weighted by molar-refractivity contribution is 5.46. The van der Waals surface area contributed by atoms with E-state index in [1.165, 1.54) is 6.42 Å². The summed E-state index contributed by atoms with van der Waals surface area (Å²) in [5.41, 5.74) is 6.83. The lowest BCUT2D eigenvalue weighted by Crippen LogP contribution is -2.42. The molecule has 2 atom stereocenters. The van der Waals surface area contributed by atoms with Crippen LogP contribution in [0.15, 0.2) is 16.8 Å². The lowest BCUT2D eigenvalue weighted by atomic mass is 9.76. The van der Waals surface area contributed by atoms with Gasteiger partial charge in [-0.2, -0.15) is 10.1 Å². The summed E-state index contributed by atoms with van der Waals surface area (Å²) in [4.78, 5) is 4.48. The molecule has 0 aliphatic heterocycles. The molecule has 2 unspecified atom stereocenters. The van der Waals surface area contributed by atoms with E-state index in [-0.39, 0.29) is 0 Å². The Morgan fingerprint density at radius 1 is 1.53 bits per heavy atom. The average Bonchev–Trinajstić information content (AvgIpc) is 2.96. The maximum atomic E-state index is 6.47. The molecule has 0 spiro atoms. The van der Waals surface area contributed by atoms with Crippen LogP contribution in [0.3, 0.4) is 0 Å². The normalized spacial score (nSPS) is 27.6. The van der Waals surface area contributed by atoms with E-state index < -0.39 is 5.54 Å². The largest absolute Gasteiger partial charge is 0.332 e. The van der Waals surface area contributed by atoms with Gasteiger partial charge in [0.15, 0.2) is 5.82 Å². The van der Waals surface area contributed by atoms with Gasteiger partial charge in [-0.1, -0.05) is 24.9 Å². The summed E-state index contributed by atoms with van der Waals surface area (Å²) in [7, 11) is 1.85. The third-order valence-electron chi connectivity index (χ3n) is 3.94. The molecular weight excluding hydrogens is 242 g/mol. The summed E-state index contributed by atoms with van der Waals surface area (Å²) in [6.45, 7) is 2.23. The van der Waals surface area contributed by atoms with Crippen LogP contribution in [0.25, 0.3) is 11.6 Å². The van der Waals surface area contributed by atoms with Crippen LogP contribution in [0.1, 0.15) is 38.4 Å². The second-order valence-corrected chi connectivity index (χ2v) is 5.62. The number of hydrogen-bond donors (Lipinski definition) is 1.